The lowest BCUT2D eigenvalue weighted by Crippen LogP contribution is -1.93. The Balaban J connectivity index is 2.21. The van der Waals surface area contributed by atoms with Crippen molar-refractivity contribution in [3.63, 3.8) is 0 Å². The first-order valence-corrected chi connectivity index (χ1v) is 5.32. The Hall–Kier alpha value is -0.630. The number of halogens is 1. The predicted octanol–water partition coefficient (Wildman–Crippen LogP) is 3.29. The predicted molar refractivity (Wildman–Crippen MR) is 55.7 cm³/mol. The van der Waals surface area contributed by atoms with Crippen LogP contribution in [0.3, 0.4) is 0 Å². The molecule has 68 valence electrons. The molecule has 1 aliphatic rings. The molecule has 0 spiro atoms. The van der Waals surface area contributed by atoms with Crippen LogP contribution in [0, 0.1) is 0 Å². The molecule has 0 bridgehead atoms. The first-order chi connectivity index (χ1) is 6.25. The second kappa shape index (κ2) is 3.62. The largest absolute Gasteiger partial charge is 0.300 e. The van der Waals surface area contributed by atoms with E-state index in [9.17, 15) is 4.79 Å². The average molecular weight is 239 g/mol. The van der Waals surface area contributed by atoms with Gasteiger partial charge in [0.2, 0.25) is 0 Å². The van der Waals surface area contributed by atoms with E-state index >= 15 is 0 Å². The standard InChI is InChI=1S/C11H11BrO/c12-10-3-1-2-8(6-10)9-4-5-11(13)7-9/h1-3,6,9H,4-5,7H2. The second-order valence-corrected chi connectivity index (χ2v) is 4.45. The summed E-state index contributed by atoms with van der Waals surface area (Å²) in [4.78, 5) is 11.1. The Bertz CT molecular complexity index is 333. The minimum absolute atomic E-state index is 0.407. The van der Waals surface area contributed by atoms with Gasteiger partial charge in [0.15, 0.2) is 0 Å². The number of carbonyl (C=O) groups is 1. The quantitative estimate of drug-likeness (QED) is 0.734. The van der Waals surface area contributed by atoms with Crippen LogP contribution in [0.2, 0.25) is 0 Å². The number of rotatable bonds is 1. The van der Waals surface area contributed by atoms with Crippen molar-refractivity contribution in [2.75, 3.05) is 0 Å². The van der Waals surface area contributed by atoms with Crippen LogP contribution in [0.5, 0.6) is 0 Å². The third-order valence-electron chi connectivity index (χ3n) is 2.57. The van der Waals surface area contributed by atoms with Gasteiger partial charge in [-0.05, 0) is 30.0 Å². The second-order valence-electron chi connectivity index (χ2n) is 3.53. The molecule has 1 unspecified atom stereocenters. The van der Waals surface area contributed by atoms with Crippen molar-refractivity contribution in [3.8, 4) is 0 Å². The van der Waals surface area contributed by atoms with Crippen molar-refractivity contribution in [2.45, 2.75) is 25.2 Å². The summed E-state index contributed by atoms with van der Waals surface area (Å²) in [6.07, 6.45) is 2.52. The van der Waals surface area contributed by atoms with Gasteiger partial charge in [-0.3, -0.25) is 4.79 Å². The van der Waals surface area contributed by atoms with Crippen molar-refractivity contribution >= 4 is 21.7 Å². The van der Waals surface area contributed by atoms with E-state index in [2.05, 4.69) is 28.1 Å². The molecule has 0 heterocycles. The zero-order valence-electron chi connectivity index (χ0n) is 7.29. The van der Waals surface area contributed by atoms with Crippen molar-refractivity contribution in [1.82, 2.24) is 0 Å². The van der Waals surface area contributed by atoms with E-state index < -0.39 is 0 Å². The van der Waals surface area contributed by atoms with Gasteiger partial charge in [-0.25, -0.2) is 0 Å². The van der Waals surface area contributed by atoms with E-state index in [-0.39, 0.29) is 0 Å². The number of carbonyl (C=O) groups excluding carboxylic acids is 1. The molecular weight excluding hydrogens is 228 g/mol. The van der Waals surface area contributed by atoms with E-state index in [0.717, 1.165) is 23.7 Å². The number of benzene rings is 1. The Morgan fingerprint density at radius 3 is 2.85 bits per heavy atom. The summed E-state index contributed by atoms with van der Waals surface area (Å²) in [6.45, 7) is 0. The van der Waals surface area contributed by atoms with Crippen LogP contribution in [0.4, 0.5) is 0 Å². The van der Waals surface area contributed by atoms with E-state index in [4.69, 9.17) is 0 Å². The summed E-state index contributed by atoms with van der Waals surface area (Å²) in [6, 6.07) is 8.26. The molecule has 1 nitrogen and oxygen atoms in total. The summed E-state index contributed by atoms with van der Waals surface area (Å²) < 4.78 is 1.10. The third-order valence-corrected chi connectivity index (χ3v) is 3.06. The lowest BCUT2D eigenvalue weighted by atomic mass is 9.98. The average Bonchev–Trinajstić information content (AvgIpc) is 2.52. The summed E-state index contributed by atoms with van der Waals surface area (Å²) in [5.41, 5.74) is 1.29. The fourth-order valence-electron chi connectivity index (χ4n) is 1.86. The van der Waals surface area contributed by atoms with Crippen LogP contribution in [0.15, 0.2) is 28.7 Å². The minimum atomic E-state index is 0.407. The SMILES string of the molecule is O=C1CCC(c2cccc(Br)c2)C1. The van der Waals surface area contributed by atoms with Gasteiger partial charge in [0.1, 0.15) is 5.78 Å². The molecule has 2 rings (SSSR count). The van der Waals surface area contributed by atoms with Gasteiger partial charge in [0.05, 0.1) is 0 Å². The third kappa shape index (κ3) is 1.99. The van der Waals surface area contributed by atoms with Crippen molar-refractivity contribution < 1.29 is 4.79 Å². The van der Waals surface area contributed by atoms with E-state index in [1.165, 1.54) is 5.56 Å². The lowest BCUT2D eigenvalue weighted by molar-refractivity contribution is -0.117. The molecule has 0 N–H and O–H groups in total. The summed E-state index contributed by atoms with van der Waals surface area (Å²) in [5.74, 6) is 0.870. The Morgan fingerprint density at radius 1 is 1.38 bits per heavy atom. The van der Waals surface area contributed by atoms with E-state index in [0.29, 0.717) is 11.7 Å². The summed E-state index contributed by atoms with van der Waals surface area (Å²) in [7, 11) is 0. The molecular formula is C11H11BrO. The highest BCUT2D eigenvalue weighted by Gasteiger charge is 2.23. The number of hydrogen-bond donors (Lipinski definition) is 0. The maximum atomic E-state index is 11.1. The molecule has 1 aromatic carbocycles. The molecule has 0 aromatic heterocycles. The van der Waals surface area contributed by atoms with Crippen molar-refractivity contribution in [2.24, 2.45) is 0 Å². The van der Waals surface area contributed by atoms with Gasteiger partial charge in [0.25, 0.3) is 0 Å². The minimum Gasteiger partial charge on any atom is -0.300 e. The van der Waals surface area contributed by atoms with Crippen molar-refractivity contribution in [1.29, 1.82) is 0 Å². The molecule has 13 heavy (non-hydrogen) atoms. The number of Topliss-reactive ketones (excluding diaryl/α,β-unsaturated/α-hetero) is 1. The molecule has 1 aromatic rings. The van der Waals surface area contributed by atoms with Crippen LogP contribution in [-0.2, 0) is 4.79 Å². The van der Waals surface area contributed by atoms with Crippen LogP contribution in [0.25, 0.3) is 0 Å². The molecule has 1 atom stereocenters. The fraction of sp³-hybridized carbons (Fsp3) is 0.364. The van der Waals surface area contributed by atoms with E-state index in [1.54, 1.807) is 0 Å². The normalized spacial score (nSPS) is 22.2. The number of hydrogen-bond acceptors (Lipinski definition) is 1. The van der Waals surface area contributed by atoms with Gasteiger partial charge >= 0.3 is 0 Å². The van der Waals surface area contributed by atoms with Crippen LogP contribution < -0.4 is 0 Å². The molecule has 1 aliphatic carbocycles. The topological polar surface area (TPSA) is 17.1 Å². The molecule has 1 saturated carbocycles. The van der Waals surface area contributed by atoms with Gasteiger partial charge in [0, 0.05) is 17.3 Å². The monoisotopic (exact) mass is 238 g/mol. The Morgan fingerprint density at radius 2 is 2.23 bits per heavy atom. The Labute approximate surface area is 86.3 Å². The van der Waals surface area contributed by atoms with Crippen LogP contribution in [0.1, 0.15) is 30.7 Å². The molecule has 0 amide bonds. The van der Waals surface area contributed by atoms with Crippen LogP contribution >= 0.6 is 15.9 Å². The van der Waals surface area contributed by atoms with Gasteiger partial charge < -0.3 is 0 Å². The van der Waals surface area contributed by atoms with Crippen LogP contribution in [-0.4, -0.2) is 5.78 Å². The Kier molecular flexibility index (Phi) is 2.49. The van der Waals surface area contributed by atoms with Gasteiger partial charge in [-0.1, -0.05) is 28.1 Å². The first kappa shape index (κ1) is 8.95. The van der Waals surface area contributed by atoms with Gasteiger partial charge in [-0.15, -0.1) is 0 Å². The maximum Gasteiger partial charge on any atom is 0.133 e. The number of ketones is 1. The zero-order chi connectivity index (χ0) is 9.26. The van der Waals surface area contributed by atoms with Gasteiger partial charge in [-0.2, -0.15) is 0 Å². The molecule has 0 radical (unpaired) electrons. The molecule has 0 aliphatic heterocycles. The maximum absolute atomic E-state index is 11.1. The first-order valence-electron chi connectivity index (χ1n) is 4.53. The summed E-state index contributed by atoms with van der Waals surface area (Å²) in [5, 5.41) is 0. The zero-order valence-corrected chi connectivity index (χ0v) is 8.88. The summed E-state index contributed by atoms with van der Waals surface area (Å²) >= 11 is 3.44. The van der Waals surface area contributed by atoms with E-state index in [1.807, 2.05) is 12.1 Å². The smallest absolute Gasteiger partial charge is 0.133 e. The highest BCUT2D eigenvalue weighted by molar-refractivity contribution is 9.10. The lowest BCUT2D eigenvalue weighted by Gasteiger charge is -2.07. The highest BCUT2D eigenvalue weighted by atomic mass is 79.9. The highest BCUT2D eigenvalue weighted by Crippen LogP contribution is 2.32. The van der Waals surface area contributed by atoms with Crippen molar-refractivity contribution in [3.05, 3.63) is 34.3 Å². The molecule has 0 saturated heterocycles. The molecule has 1 fully saturated rings. The fourth-order valence-corrected chi connectivity index (χ4v) is 2.28. The molecule has 2 heteroatoms.